The first kappa shape index (κ1) is 28.4. The van der Waals surface area contributed by atoms with Crippen molar-refractivity contribution in [2.75, 3.05) is 25.7 Å². The molecular formula is C26H24BBrN6O6. The summed E-state index contributed by atoms with van der Waals surface area (Å²) in [5.41, 5.74) is 14.5. The number of fused-ring (bicyclic) bond motifs is 2. The number of hydrogen-bond acceptors (Lipinski definition) is 12. The normalized spacial score (nSPS) is 10.3. The fraction of sp³-hybridized carbons (Fsp3) is 0.0769. The second-order valence-electron chi connectivity index (χ2n) is 8.10. The Kier molecular flexibility index (Phi) is 9.17. The van der Waals surface area contributed by atoms with E-state index in [0.717, 1.165) is 32.1 Å². The van der Waals surface area contributed by atoms with Gasteiger partial charge in [-0.25, -0.2) is 9.97 Å². The third-order valence-corrected chi connectivity index (χ3v) is 5.91. The highest BCUT2D eigenvalue weighted by atomic mass is 79.9. The first-order chi connectivity index (χ1) is 19.3. The van der Waals surface area contributed by atoms with Crippen LogP contribution in [0.2, 0.25) is 0 Å². The molecule has 0 aliphatic rings. The molecule has 2 aromatic carbocycles. The quantitative estimate of drug-likeness (QED) is 0.214. The van der Waals surface area contributed by atoms with Crippen molar-refractivity contribution in [1.82, 2.24) is 20.3 Å². The van der Waals surface area contributed by atoms with Crippen molar-refractivity contribution in [2.24, 2.45) is 0 Å². The van der Waals surface area contributed by atoms with Crippen LogP contribution < -0.4 is 26.4 Å². The smallest absolute Gasteiger partial charge is 0.488 e. The summed E-state index contributed by atoms with van der Waals surface area (Å²) in [6.07, 6.45) is 3.36. The first-order valence-electron chi connectivity index (χ1n) is 11.6. The lowest BCUT2D eigenvalue weighted by Crippen LogP contribution is -2.29. The lowest BCUT2D eigenvalue weighted by atomic mass is 9.80. The van der Waals surface area contributed by atoms with E-state index in [9.17, 15) is 0 Å². The molecule has 0 aliphatic carbocycles. The van der Waals surface area contributed by atoms with Gasteiger partial charge in [-0.05, 0) is 63.4 Å². The molecule has 40 heavy (non-hydrogen) atoms. The molecular weight excluding hydrogens is 583 g/mol. The monoisotopic (exact) mass is 606 g/mol. The Labute approximate surface area is 236 Å². The summed E-state index contributed by atoms with van der Waals surface area (Å²) >= 11 is 3.26. The number of rotatable bonds is 4. The number of benzene rings is 2. The molecule has 0 fully saturated rings. The largest absolute Gasteiger partial charge is 0.497 e. The maximum atomic E-state index is 8.74. The second kappa shape index (κ2) is 12.9. The second-order valence-corrected chi connectivity index (χ2v) is 9.02. The SMILES string of the molecule is COc1cccc(-c2cnc3onc(N)c3c2)c1.COc1cccc(B(O)O)c1.Nc1noc2ncc(Br)cc12. The maximum absolute atomic E-state index is 8.74. The van der Waals surface area contributed by atoms with Gasteiger partial charge in [0.15, 0.2) is 11.6 Å². The van der Waals surface area contributed by atoms with Crippen LogP contribution in [0.3, 0.4) is 0 Å². The number of pyridine rings is 2. The summed E-state index contributed by atoms with van der Waals surface area (Å²) in [7, 11) is 1.74. The number of nitrogens with two attached hydrogens (primary N) is 2. The number of nitrogens with zero attached hydrogens (tertiary/aromatic N) is 4. The molecule has 4 aromatic heterocycles. The number of hydrogen-bond donors (Lipinski definition) is 4. The van der Waals surface area contributed by atoms with Crippen molar-refractivity contribution >= 4 is 62.3 Å². The molecule has 0 saturated carbocycles. The van der Waals surface area contributed by atoms with Gasteiger partial charge in [0.1, 0.15) is 11.5 Å². The van der Waals surface area contributed by atoms with Crippen LogP contribution >= 0.6 is 15.9 Å². The Bertz CT molecular complexity index is 1730. The topological polar surface area (TPSA) is 189 Å². The number of anilines is 2. The minimum atomic E-state index is -1.43. The maximum Gasteiger partial charge on any atom is 0.488 e. The van der Waals surface area contributed by atoms with Crippen molar-refractivity contribution in [3.63, 3.8) is 0 Å². The summed E-state index contributed by atoms with van der Waals surface area (Å²) in [6.45, 7) is 0. The molecule has 0 aliphatic heterocycles. The van der Waals surface area contributed by atoms with Crippen LogP contribution in [0.5, 0.6) is 11.5 Å². The molecule has 6 N–H and O–H groups in total. The van der Waals surface area contributed by atoms with Gasteiger partial charge < -0.3 is 40.0 Å². The number of aromatic nitrogens is 4. The highest BCUT2D eigenvalue weighted by Gasteiger charge is 2.11. The van der Waals surface area contributed by atoms with Crippen LogP contribution in [-0.2, 0) is 0 Å². The first-order valence-corrected chi connectivity index (χ1v) is 12.4. The van der Waals surface area contributed by atoms with Gasteiger partial charge >= 0.3 is 7.12 Å². The van der Waals surface area contributed by atoms with Gasteiger partial charge in [-0.1, -0.05) is 34.6 Å². The predicted molar refractivity (Wildman–Crippen MR) is 155 cm³/mol. The van der Waals surface area contributed by atoms with Crippen LogP contribution in [0.15, 0.2) is 86.6 Å². The standard InChI is InChI=1S/C13H11N3O2.C7H9BO3.C6H4BrN3O/c1-17-10-4-2-3-8(5-10)9-6-11-12(14)16-18-13(11)15-7-9;1-11-7-4-2-3-6(5-7)8(9)10;7-3-1-4-5(8)10-11-6(4)9-2-3/h2-7H,1H3,(H2,14,16);2-5,9-10H,1H3;1-2H,(H2,8,10). The van der Waals surface area contributed by atoms with E-state index >= 15 is 0 Å². The van der Waals surface area contributed by atoms with E-state index in [1.807, 2.05) is 36.4 Å². The Morgan fingerprint density at radius 3 is 1.95 bits per heavy atom. The van der Waals surface area contributed by atoms with E-state index in [-0.39, 0.29) is 0 Å². The van der Waals surface area contributed by atoms with Crippen molar-refractivity contribution in [2.45, 2.75) is 0 Å². The summed E-state index contributed by atoms with van der Waals surface area (Å²) in [6, 6.07) is 18.1. The fourth-order valence-corrected chi connectivity index (χ4v) is 3.77. The van der Waals surface area contributed by atoms with Gasteiger partial charge in [-0.3, -0.25) is 0 Å². The molecule has 0 saturated heterocycles. The Hall–Kier alpha value is -4.66. The molecule has 6 rings (SSSR count). The summed E-state index contributed by atoms with van der Waals surface area (Å²) < 4.78 is 20.7. The molecule has 0 atom stereocenters. The Balaban J connectivity index is 0.000000146. The van der Waals surface area contributed by atoms with Gasteiger partial charge in [-0.2, -0.15) is 0 Å². The molecule has 0 spiro atoms. The minimum absolute atomic E-state index is 0.349. The zero-order valence-corrected chi connectivity index (χ0v) is 22.9. The zero-order valence-electron chi connectivity index (χ0n) is 21.4. The van der Waals surface area contributed by atoms with Crippen LogP contribution in [0, 0.1) is 0 Å². The molecule has 0 bridgehead atoms. The molecule has 0 radical (unpaired) electrons. The molecule has 204 valence electrons. The molecule has 6 aromatic rings. The number of ether oxygens (including phenoxy) is 2. The third kappa shape index (κ3) is 6.85. The van der Waals surface area contributed by atoms with E-state index in [2.05, 4.69) is 36.2 Å². The van der Waals surface area contributed by atoms with E-state index in [0.29, 0.717) is 34.3 Å². The Morgan fingerprint density at radius 2 is 1.32 bits per heavy atom. The van der Waals surface area contributed by atoms with E-state index in [1.165, 1.54) is 7.11 Å². The highest BCUT2D eigenvalue weighted by molar-refractivity contribution is 9.10. The Morgan fingerprint density at radius 1 is 0.750 bits per heavy atom. The number of nitrogen functional groups attached to an aromatic ring is 2. The molecule has 12 nitrogen and oxygen atoms in total. The van der Waals surface area contributed by atoms with Crippen molar-refractivity contribution in [3.8, 4) is 22.6 Å². The van der Waals surface area contributed by atoms with Crippen molar-refractivity contribution in [3.05, 3.63) is 77.5 Å². The highest BCUT2D eigenvalue weighted by Crippen LogP contribution is 2.27. The van der Waals surface area contributed by atoms with Gasteiger partial charge in [0, 0.05) is 22.4 Å². The lowest BCUT2D eigenvalue weighted by Gasteiger charge is -2.04. The number of halogens is 1. The van der Waals surface area contributed by atoms with Gasteiger partial charge in [-0.15, -0.1) is 0 Å². The van der Waals surface area contributed by atoms with Gasteiger partial charge in [0.05, 0.1) is 25.0 Å². The van der Waals surface area contributed by atoms with Crippen LogP contribution in [-0.4, -0.2) is 51.7 Å². The van der Waals surface area contributed by atoms with E-state index in [4.69, 9.17) is 40.0 Å². The fourth-order valence-electron chi connectivity index (χ4n) is 3.44. The molecule has 0 unspecified atom stereocenters. The average Bonchev–Trinajstić information content (AvgIpc) is 3.55. The molecule has 0 amide bonds. The zero-order chi connectivity index (χ0) is 28.6. The van der Waals surface area contributed by atoms with Crippen molar-refractivity contribution in [1.29, 1.82) is 0 Å². The minimum Gasteiger partial charge on any atom is -0.497 e. The van der Waals surface area contributed by atoms with Crippen molar-refractivity contribution < 1.29 is 28.6 Å². The van der Waals surface area contributed by atoms with E-state index in [1.54, 1.807) is 43.8 Å². The van der Waals surface area contributed by atoms with E-state index < -0.39 is 7.12 Å². The summed E-state index contributed by atoms with van der Waals surface area (Å²) in [5, 5.41) is 26.2. The number of methoxy groups -OCH3 is 2. The van der Waals surface area contributed by atoms with Crippen LogP contribution in [0.1, 0.15) is 0 Å². The summed E-state index contributed by atoms with van der Waals surface area (Å²) in [4.78, 5) is 8.13. The third-order valence-electron chi connectivity index (χ3n) is 5.48. The van der Waals surface area contributed by atoms with Crippen LogP contribution in [0.25, 0.3) is 33.3 Å². The molecule has 4 heterocycles. The van der Waals surface area contributed by atoms with Gasteiger partial charge in [0.25, 0.3) is 11.4 Å². The summed E-state index contributed by atoms with van der Waals surface area (Å²) in [5.74, 6) is 2.14. The average molecular weight is 607 g/mol. The predicted octanol–water partition coefficient (Wildman–Crippen LogP) is 3.42. The molecule has 14 heteroatoms. The van der Waals surface area contributed by atoms with Crippen LogP contribution in [0.4, 0.5) is 11.6 Å². The lowest BCUT2D eigenvalue weighted by molar-refractivity contribution is 0.412. The van der Waals surface area contributed by atoms with Gasteiger partial charge in [0.2, 0.25) is 0 Å².